The van der Waals surface area contributed by atoms with Gasteiger partial charge >= 0.3 is 0 Å². The molecular formula is C15H17NO. The maximum atomic E-state index is 10.2. The Morgan fingerprint density at radius 3 is 2.47 bits per heavy atom. The standard InChI is InChI=1S/C15H17NO/c1-2-16-11-13-9-6-10-14(15(13)17)12-7-4-3-5-8-12/h3-10,16-17H,2,11H2,1H3. The summed E-state index contributed by atoms with van der Waals surface area (Å²) < 4.78 is 0. The molecule has 0 bridgehead atoms. The number of rotatable bonds is 4. The van der Waals surface area contributed by atoms with Crippen molar-refractivity contribution in [2.75, 3.05) is 6.54 Å². The molecule has 0 radical (unpaired) electrons. The number of hydrogen-bond acceptors (Lipinski definition) is 2. The summed E-state index contributed by atoms with van der Waals surface area (Å²) in [6.45, 7) is 3.65. The van der Waals surface area contributed by atoms with Gasteiger partial charge in [-0.25, -0.2) is 0 Å². The van der Waals surface area contributed by atoms with Crippen LogP contribution in [-0.4, -0.2) is 11.7 Å². The fraction of sp³-hybridized carbons (Fsp3) is 0.200. The van der Waals surface area contributed by atoms with Crippen LogP contribution >= 0.6 is 0 Å². The largest absolute Gasteiger partial charge is 0.507 e. The smallest absolute Gasteiger partial charge is 0.127 e. The van der Waals surface area contributed by atoms with E-state index in [4.69, 9.17) is 0 Å². The average molecular weight is 227 g/mol. The number of benzene rings is 2. The van der Waals surface area contributed by atoms with Crippen molar-refractivity contribution >= 4 is 0 Å². The molecule has 0 atom stereocenters. The third-order valence-electron chi connectivity index (χ3n) is 2.77. The van der Waals surface area contributed by atoms with Crippen molar-refractivity contribution in [3.05, 3.63) is 54.1 Å². The summed E-state index contributed by atoms with van der Waals surface area (Å²) in [6.07, 6.45) is 0. The quantitative estimate of drug-likeness (QED) is 0.840. The topological polar surface area (TPSA) is 32.3 Å². The minimum atomic E-state index is 0.375. The Morgan fingerprint density at radius 1 is 1.00 bits per heavy atom. The second-order valence-electron chi connectivity index (χ2n) is 3.96. The van der Waals surface area contributed by atoms with Crippen LogP contribution in [0.3, 0.4) is 0 Å². The molecule has 0 heterocycles. The Hall–Kier alpha value is -1.80. The molecule has 2 nitrogen and oxygen atoms in total. The van der Waals surface area contributed by atoms with E-state index >= 15 is 0 Å². The Morgan fingerprint density at radius 2 is 1.76 bits per heavy atom. The molecule has 0 aliphatic carbocycles. The number of para-hydroxylation sites is 1. The molecule has 2 rings (SSSR count). The first-order valence-corrected chi connectivity index (χ1v) is 5.90. The molecule has 0 amide bonds. The molecule has 0 saturated carbocycles. The van der Waals surface area contributed by atoms with E-state index in [9.17, 15) is 5.11 Å². The van der Waals surface area contributed by atoms with Gasteiger partial charge in [-0.3, -0.25) is 0 Å². The molecule has 0 aliphatic heterocycles. The Bertz CT molecular complexity index is 480. The van der Waals surface area contributed by atoms with E-state index < -0.39 is 0 Å². The Labute approximate surface area is 102 Å². The SMILES string of the molecule is CCNCc1cccc(-c2ccccc2)c1O. The van der Waals surface area contributed by atoms with Crippen molar-refractivity contribution in [3.63, 3.8) is 0 Å². The van der Waals surface area contributed by atoms with Crippen molar-refractivity contribution in [1.29, 1.82) is 0 Å². The zero-order valence-electron chi connectivity index (χ0n) is 9.98. The molecule has 0 saturated heterocycles. The number of hydrogen-bond donors (Lipinski definition) is 2. The summed E-state index contributed by atoms with van der Waals surface area (Å²) in [5, 5.41) is 13.5. The third kappa shape index (κ3) is 2.66. The van der Waals surface area contributed by atoms with Crippen LogP contribution in [0.5, 0.6) is 5.75 Å². The highest BCUT2D eigenvalue weighted by molar-refractivity contribution is 5.71. The number of phenolic OH excluding ortho intramolecular Hbond substituents is 1. The molecule has 0 unspecified atom stereocenters. The first-order chi connectivity index (χ1) is 8.33. The molecule has 17 heavy (non-hydrogen) atoms. The maximum absolute atomic E-state index is 10.2. The summed E-state index contributed by atoms with van der Waals surface area (Å²) in [5.41, 5.74) is 2.87. The van der Waals surface area contributed by atoms with Crippen molar-refractivity contribution in [2.24, 2.45) is 0 Å². The van der Waals surface area contributed by atoms with Gasteiger partial charge in [0.1, 0.15) is 5.75 Å². The summed E-state index contributed by atoms with van der Waals surface area (Å²) in [5.74, 6) is 0.375. The second kappa shape index (κ2) is 5.51. The van der Waals surface area contributed by atoms with Crippen LogP contribution < -0.4 is 5.32 Å². The molecule has 0 spiro atoms. The van der Waals surface area contributed by atoms with Gasteiger partial charge in [0.15, 0.2) is 0 Å². The monoisotopic (exact) mass is 227 g/mol. The van der Waals surface area contributed by atoms with Gasteiger partial charge in [-0.2, -0.15) is 0 Å². The van der Waals surface area contributed by atoms with Gasteiger partial charge in [0.05, 0.1) is 0 Å². The van der Waals surface area contributed by atoms with Crippen LogP contribution in [0.4, 0.5) is 0 Å². The van der Waals surface area contributed by atoms with Gasteiger partial charge in [-0.1, -0.05) is 55.5 Å². The van der Waals surface area contributed by atoms with Gasteiger partial charge in [0, 0.05) is 17.7 Å². The summed E-state index contributed by atoms with van der Waals surface area (Å²) in [7, 11) is 0. The van der Waals surface area contributed by atoms with E-state index in [0.717, 1.165) is 23.2 Å². The lowest BCUT2D eigenvalue weighted by molar-refractivity contribution is 0.467. The lowest BCUT2D eigenvalue weighted by Gasteiger charge is -2.10. The minimum absolute atomic E-state index is 0.375. The Kier molecular flexibility index (Phi) is 3.78. The van der Waals surface area contributed by atoms with E-state index in [1.807, 2.05) is 48.5 Å². The second-order valence-corrected chi connectivity index (χ2v) is 3.96. The fourth-order valence-corrected chi connectivity index (χ4v) is 1.84. The van der Waals surface area contributed by atoms with Gasteiger partial charge in [-0.15, -0.1) is 0 Å². The lowest BCUT2D eigenvalue weighted by Crippen LogP contribution is -2.11. The highest BCUT2D eigenvalue weighted by Crippen LogP contribution is 2.31. The first kappa shape index (κ1) is 11.7. The molecule has 88 valence electrons. The van der Waals surface area contributed by atoms with Crippen LogP contribution in [0, 0.1) is 0 Å². The van der Waals surface area contributed by atoms with E-state index in [1.54, 1.807) is 0 Å². The number of phenols is 1. The average Bonchev–Trinajstić information content (AvgIpc) is 2.39. The normalized spacial score (nSPS) is 10.4. The maximum Gasteiger partial charge on any atom is 0.127 e. The molecule has 0 fully saturated rings. The molecule has 2 aromatic rings. The summed E-state index contributed by atoms with van der Waals surface area (Å²) in [4.78, 5) is 0. The number of nitrogens with one attached hydrogen (secondary N) is 1. The van der Waals surface area contributed by atoms with Crippen LogP contribution in [0.15, 0.2) is 48.5 Å². The third-order valence-corrected chi connectivity index (χ3v) is 2.77. The first-order valence-electron chi connectivity index (χ1n) is 5.90. The predicted octanol–water partition coefficient (Wildman–Crippen LogP) is 3.17. The van der Waals surface area contributed by atoms with Gasteiger partial charge in [-0.05, 0) is 12.1 Å². The zero-order valence-corrected chi connectivity index (χ0v) is 9.98. The Balaban J connectivity index is 2.36. The summed E-state index contributed by atoms with van der Waals surface area (Å²) >= 11 is 0. The summed E-state index contributed by atoms with van der Waals surface area (Å²) in [6, 6.07) is 15.8. The molecule has 0 aliphatic rings. The zero-order chi connectivity index (χ0) is 12.1. The van der Waals surface area contributed by atoms with E-state index in [-0.39, 0.29) is 0 Å². The van der Waals surface area contributed by atoms with E-state index in [0.29, 0.717) is 12.3 Å². The minimum Gasteiger partial charge on any atom is -0.507 e. The molecule has 0 aromatic heterocycles. The molecule has 2 heteroatoms. The van der Waals surface area contributed by atoms with E-state index in [2.05, 4.69) is 12.2 Å². The van der Waals surface area contributed by atoms with Crippen LogP contribution in [-0.2, 0) is 6.54 Å². The molecule has 2 N–H and O–H groups in total. The van der Waals surface area contributed by atoms with Gasteiger partial charge < -0.3 is 10.4 Å². The van der Waals surface area contributed by atoms with Gasteiger partial charge in [0.2, 0.25) is 0 Å². The van der Waals surface area contributed by atoms with Crippen molar-refractivity contribution in [1.82, 2.24) is 5.32 Å². The molecule has 2 aromatic carbocycles. The van der Waals surface area contributed by atoms with Crippen molar-refractivity contribution in [3.8, 4) is 16.9 Å². The highest BCUT2D eigenvalue weighted by atomic mass is 16.3. The number of aromatic hydroxyl groups is 1. The predicted molar refractivity (Wildman–Crippen MR) is 70.9 cm³/mol. The van der Waals surface area contributed by atoms with Crippen LogP contribution in [0.1, 0.15) is 12.5 Å². The lowest BCUT2D eigenvalue weighted by atomic mass is 10.0. The highest BCUT2D eigenvalue weighted by Gasteiger charge is 2.07. The van der Waals surface area contributed by atoms with E-state index in [1.165, 1.54) is 0 Å². The van der Waals surface area contributed by atoms with Crippen molar-refractivity contribution < 1.29 is 5.11 Å². The van der Waals surface area contributed by atoms with Crippen LogP contribution in [0.25, 0.3) is 11.1 Å². The van der Waals surface area contributed by atoms with Crippen LogP contribution in [0.2, 0.25) is 0 Å². The fourth-order valence-electron chi connectivity index (χ4n) is 1.84. The van der Waals surface area contributed by atoms with Gasteiger partial charge in [0.25, 0.3) is 0 Å². The van der Waals surface area contributed by atoms with Crippen molar-refractivity contribution in [2.45, 2.75) is 13.5 Å². The molecular weight excluding hydrogens is 210 g/mol.